The lowest BCUT2D eigenvalue weighted by Gasteiger charge is -1.96. The van der Waals surface area contributed by atoms with Crippen molar-refractivity contribution in [3.8, 4) is 5.88 Å². The summed E-state index contributed by atoms with van der Waals surface area (Å²) in [4.78, 5) is 14.0. The molecule has 0 amide bonds. The summed E-state index contributed by atoms with van der Waals surface area (Å²) in [6.07, 6.45) is 0.384. The highest BCUT2D eigenvalue weighted by atomic mass is 16.5. The summed E-state index contributed by atoms with van der Waals surface area (Å²) in [6, 6.07) is 9.61. The van der Waals surface area contributed by atoms with Crippen LogP contribution in [0.15, 0.2) is 30.3 Å². The van der Waals surface area contributed by atoms with Crippen molar-refractivity contribution >= 4 is 16.9 Å². The first-order valence-corrected chi connectivity index (χ1v) is 4.58. The number of hydrogen-bond acceptors (Lipinski definition) is 2. The van der Waals surface area contributed by atoms with Crippen LogP contribution < -0.4 is 4.74 Å². The first-order chi connectivity index (χ1) is 6.79. The van der Waals surface area contributed by atoms with E-state index in [1.54, 1.807) is 6.92 Å². The predicted molar refractivity (Wildman–Crippen MR) is 54.2 cm³/mol. The maximum Gasteiger partial charge on any atom is 0.312 e. The molecule has 0 radical (unpaired) electrons. The number of esters is 1. The fourth-order valence-corrected chi connectivity index (χ4v) is 1.30. The molecular formula is C11H11NO2. The van der Waals surface area contributed by atoms with Crippen LogP contribution in [-0.4, -0.2) is 11.0 Å². The lowest BCUT2D eigenvalue weighted by Crippen LogP contribution is -2.05. The van der Waals surface area contributed by atoms with E-state index in [1.165, 1.54) is 0 Å². The van der Waals surface area contributed by atoms with Crippen LogP contribution in [-0.2, 0) is 4.79 Å². The van der Waals surface area contributed by atoms with Gasteiger partial charge in [-0.25, -0.2) is 0 Å². The Bertz CT molecular complexity index is 426. The summed E-state index contributed by atoms with van der Waals surface area (Å²) in [7, 11) is 0. The van der Waals surface area contributed by atoms with Crippen molar-refractivity contribution in [1.29, 1.82) is 0 Å². The smallest absolute Gasteiger partial charge is 0.312 e. The fraction of sp³-hybridized carbons (Fsp3) is 0.182. The van der Waals surface area contributed by atoms with Gasteiger partial charge in [0, 0.05) is 23.4 Å². The summed E-state index contributed by atoms with van der Waals surface area (Å²) >= 11 is 0. The molecule has 0 aliphatic heterocycles. The lowest BCUT2D eigenvalue weighted by molar-refractivity contribution is -0.134. The summed E-state index contributed by atoms with van der Waals surface area (Å²) in [6.45, 7) is 1.77. The summed E-state index contributed by atoms with van der Waals surface area (Å²) in [5.41, 5.74) is 0.978. The van der Waals surface area contributed by atoms with Crippen molar-refractivity contribution in [3.05, 3.63) is 30.3 Å². The highest BCUT2D eigenvalue weighted by Crippen LogP contribution is 2.19. The molecule has 0 unspecified atom stereocenters. The minimum Gasteiger partial charge on any atom is -0.409 e. The second-order valence-electron chi connectivity index (χ2n) is 3.05. The molecule has 0 atom stereocenters. The number of aromatic amines is 1. The maximum atomic E-state index is 11.0. The van der Waals surface area contributed by atoms with E-state index in [9.17, 15) is 4.79 Å². The summed E-state index contributed by atoms with van der Waals surface area (Å²) in [5.74, 6) is 0.287. The number of para-hydroxylation sites is 1. The standard InChI is InChI=1S/C11H11NO2/c1-2-11(13)14-10-7-8-5-3-4-6-9(8)12-10/h3-7,12H,2H2,1H3. The number of fused-ring (bicyclic) bond motifs is 1. The molecule has 0 saturated carbocycles. The Morgan fingerprint density at radius 1 is 1.43 bits per heavy atom. The first-order valence-electron chi connectivity index (χ1n) is 4.58. The van der Waals surface area contributed by atoms with Crippen LogP contribution in [0.25, 0.3) is 10.9 Å². The number of ether oxygens (including phenoxy) is 1. The number of hydrogen-bond donors (Lipinski definition) is 1. The molecule has 3 heteroatoms. The monoisotopic (exact) mass is 189 g/mol. The molecule has 1 N–H and O–H groups in total. The third-order valence-corrected chi connectivity index (χ3v) is 2.02. The molecule has 0 aliphatic carbocycles. The average molecular weight is 189 g/mol. The Kier molecular flexibility index (Phi) is 2.23. The Morgan fingerprint density at radius 2 is 2.21 bits per heavy atom. The topological polar surface area (TPSA) is 42.1 Å². The molecule has 1 heterocycles. The zero-order valence-corrected chi connectivity index (χ0v) is 7.91. The van der Waals surface area contributed by atoms with E-state index in [4.69, 9.17) is 4.74 Å². The fourth-order valence-electron chi connectivity index (χ4n) is 1.30. The molecule has 2 rings (SSSR count). The van der Waals surface area contributed by atoms with E-state index in [-0.39, 0.29) is 5.97 Å². The number of carbonyl (C=O) groups excluding carboxylic acids is 1. The van der Waals surface area contributed by atoms with Crippen molar-refractivity contribution in [2.75, 3.05) is 0 Å². The SMILES string of the molecule is CCC(=O)Oc1cc2ccccc2[nH]1. The molecule has 3 nitrogen and oxygen atoms in total. The van der Waals surface area contributed by atoms with Crippen LogP contribution >= 0.6 is 0 Å². The second-order valence-corrected chi connectivity index (χ2v) is 3.05. The second kappa shape index (κ2) is 3.54. The third kappa shape index (κ3) is 1.62. The van der Waals surface area contributed by atoms with Gasteiger partial charge in [-0.05, 0) is 6.07 Å². The number of carbonyl (C=O) groups is 1. The van der Waals surface area contributed by atoms with Gasteiger partial charge in [0.1, 0.15) is 0 Å². The number of benzene rings is 1. The van der Waals surface area contributed by atoms with Crippen molar-refractivity contribution < 1.29 is 9.53 Å². The number of rotatable bonds is 2. The van der Waals surface area contributed by atoms with Gasteiger partial charge in [-0.2, -0.15) is 0 Å². The zero-order chi connectivity index (χ0) is 9.97. The largest absolute Gasteiger partial charge is 0.409 e. The molecule has 72 valence electrons. The van der Waals surface area contributed by atoms with Crippen LogP contribution in [0.5, 0.6) is 5.88 Å². The average Bonchev–Trinajstić information content (AvgIpc) is 2.59. The minimum absolute atomic E-state index is 0.225. The minimum atomic E-state index is -0.225. The van der Waals surface area contributed by atoms with Crippen molar-refractivity contribution in [3.63, 3.8) is 0 Å². The van der Waals surface area contributed by atoms with E-state index >= 15 is 0 Å². The van der Waals surface area contributed by atoms with Gasteiger partial charge in [-0.3, -0.25) is 4.79 Å². The number of H-pyrrole nitrogens is 1. The van der Waals surface area contributed by atoms with Gasteiger partial charge in [-0.1, -0.05) is 25.1 Å². The predicted octanol–water partition coefficient (Wildman–Crippen LogP) is 2.48. The van der Waals surface area contributed by atoms with Crippen LogP contribution in [0, 0.1) is 0 Å². The van der Waals surface area contributed by atoms with Crippen LogP contribution in [0.2, 0.25) is 0 Å². The van der Waals surface area contributed by atoms with Gasteiger partial charge in [-0.15, -0.1) is 0 Å². The molecule has 0 bridgehead atoms. The lowest BCUT2D eigenvalue weighted by atomic mass is 10.3. The van der Waals surface area contributed by atoms with Gasteiger partial charge in [0.25, 0.3) is 0 Å². The molecule has 0 aliphatic rings. The van der Waals surface area contributed by atoms with Crippen LogP contribution in [0.1, 0.15) is 13.3 Å². The normalized spacial score (nSPS) is 10.4. The van der Waals surface area contributed by atoms with E-state index < -0.39 is 0 Å². The maximum absolute atomic E-state index is 11.0. The van der Waals surface area contributed by atoms with Crippen molar-refractivity contribution in [1.82, 2.24) is 4.98 Å². The van der Waals surface area contributed by atoms with Gasteiger partial charge in [0.05, 0.1) is 0 Å². The van der Waals surface area contributed by atoms with E-state index in [2.05, 4.69) is 4.98 Å². The molecular weight excluding hydrogens is 178 g/mol. The zero-order valence-electron chi connectivity index (χ0n) is 7.91. The van der Waals surface area contributed by atoms with Crippen molar-refractivity contribution in [2.24, 2.45) is 0 Å². The summed E-state index contributed by atoms with van der Waals surface area (Å²) in [5, 5.41) is 1.05. The molecule has 2 aromatic rings. The molecule has 1 aromatic heterocycles. The highest BCUT2D eigenvalue weighted by molar-refractivity contribution is 5.82. The molecule has 0 spiro atoms. The Morgan fingerprint density at radius 3 is 2.93 bits per heavy atom. The Balaban J connectivity index is 2.31. The van der Waals surface area contributed by atoms with Gasteiger partial charge >= 0.3 is 5.97 Å². The van der Waals surface area contributed by atoms with Crippen LogP contribution in [0.3, 0.4) is 0 Å². The van der Waals surface area contributed by atoms with Gasteiger partial charge < -0.3 is 9.72 Å². The van der Waals surface area contributed by atoms with Crippen LogP contribution in [0.4, 0.5) is 0 Å². The first kappa shape index (κ1) is 8.81. The summed E-state index contributed by atoms with van der Waals surface area (Å²) < 4.78 is 5.05. The highest BCUT2D eigenvalue weighted by Gasteiger charge is 2.04. The molecule has 0 saturated heterocycles. The molecule has 1 aromatic carbocycles. The quantitative estimate of drug-likeness (QED) is 0.737. The third-order valence-electron chi connectivity index (χ3n) is 2.02. The van der Waals surface area contributed by atoms with E-state index in [0.717, 1.165) is 10.9 Å². The number of nitrogens with one attached hydrogen (secondary N) is 1. The van der Waals surface area contributed by atoms with E-state index in [0.29, 0.717) is 12.3 Å². The molecule has 14 heavy (non-hydrogen) atoms. The van der Waals surface area contributed by atoms with Gasteiger partial charge in [0.2, 0.25) is 5.88 Å². The Labute approximate surface area is 81.7 Å². The Hall–Kier alpha value is -1.77. The van der Waals surface area contributed by atoms with Gasteiger partial charge in [0.15, 0.2) is 0 Å². The molecule has 0 fully saturated rings. The van der Waals surface area contributed by atoms with E-state index in [1.807, 2.05) is 30.3 Å². The number of aromatic nitrogens is 1. The van der Waals surface area contributed by atoms with Crippen molar-refractivity contribution in [2.45, 2.75) is 13.3 Å².